The van der Waals surface area contributed by atoms with E-state index in [1.807, 2.05) is 12.1 Å². The van der Waals surface area contributed by atoms with Crippen LogP contribution < -0.4 is 15.0 Å². The SMILES string of the molecule is CCCc1ccc(C)cc1N1CCCS/C1=N\C(=O)NC1CCC(c2ccc(-c3ncn(-c4ccc(OC(F)(F)F)cc4)n3)cc2)C1. The minimum absolute atomic E-state index is 0.0541. The third-order valence-corrected chi connectivity index (χ3v) is 9.53. The van der Waals surface area contributed by atoms with Crippen molar-refractivity contribution in [2.75, 3.05) is 17.2 Å². The van der Waals surface area contributed by atoms with Gasteiger partial charge in [-0.1, -0.05) is 61.5 Å². The van der Waals surface area contributed by atoms with Crippen molar-refractivity contribution < 1.29 is 22.7 Å². The van der Waals surface area contributed by atoms with Gasteiger partial charge in [-0.05, 0) is 92.0 Å². The van der Waals surface area contributed by atoms with Gasteiger partial charge in [0.25, 0.3) is 0 Å². The van der Waals surface area contributed by atoms with E-state index in [9.17, 15) is 18.0 Å². The minimum atomic E-state index is -4.74. The molecule has 1 saturated heterocycles. The second-order valence-corrected chi connectivity index (χ2v) is 13.0. The highest BCUT2D eigenvalue weighted by Crippen LogP contribution is 2.36. The van der Waals surface area contributed by atoms with E-state index in [0.29, 0.717) is 17.4 Å². The Hall–Kier alpha value is -4.32. The Morgan fingerprint density at radius 2 is 1.87 bits per heavy atom. The Morgan fingerprint density at radius 1 is 1.09 bits per heavy atom. The van der Waals surface area contributed by atoms with Gasteiger partial charge in [0.1, 0.15) is 12.1 Å². The molecule has 2 atom stereocenters. The summed E-state index contributed by atoms with van der Waals surface area (Å²) >= 11 is 1.65. The second kappa shape index (κ2) is 14.2. The molecule has 1 aliphatic heterocycles. The number of halogens is 3. The summed E-state index contributed by atoms with van der Waals surface area (Å²) in [6.07, 6.45) is 2.56. The first-order chi connectivity index (χ1) is 22.6. The molecule has 12 heteroatoms. The summed E-state index contributed by atoms with van der Waals surface area (Å²) in [7, 11) is 0. The Labute approximate surface area is 276 Å². The molecular formula is C35H37F3N6O2S. The van der Waals surface area contributed by atoms with Gasteiger partial charge in [-0.3, -0.25) is 0 Å². The lowest BCUT2D eigenvalue weighted by atomic mass is 9.96. The number of carbonyl (C=O) groups excluding carboxylic acids is 1. The van der Waals surface area contributed by atoms with Crippen molar-refractivity contribution in [3.8, 4) is 22.8 Å². The molecule has 0 radical (unpaired) electrons. The highest BCUT2D eigenvalue weighted by molar-refractivity contribution is 8.14. The number of anilines is 1. The number of alkyl halides is 3. The topological polar surface area (TPSA) is 84.6 Å². The largest absolute Gasteiger partial charge is 0.573 e. The predicted molar refractivity (Wildman–Crippen MR) is 179 cm³/mol. The number of amidine groups is 1. The molecule has 2 heterocycles. The van der Waals surface area contributed by atoms with Gasteiger partial charge in [-0.25, -0.2) is 14.5 Å². The zero-order valence-corrected chi connectivity index (χ0v) is 27.2. The average molecular weight is 663 g/mol. The van der Waals surface area contributed by atoms with Crippen LogP contribution in [0, 0.1) is 6.92 Å². The average Bonchev–Trinajstić information content (AvgIpc) is 3.73. The fraction of sp³-hybridized carbons (Fsp3) is 0.371. The minimum Gasteiger partial charge on any atom is -0.406 e. The zero-order valence-electron chi connectivity index (χ0n) is 26.3. The van der Waals surface area contributed by atoms with Crippen molar-refractivity contribution in [1.82, 2.24) is 20.1 Å². The first kappa shape index (κ1) is 32.6. The predicted octanol–water partition coefficient (Wildman–Crippen LogP) is 8.44. The molecule has 4 aromatic rings. The molecule has 1 aromatic heterocycles. The summed E-state index contributed by atoms with van der Waals surface area (Å²) in [5.41, 5.74) is 6.22. The quantitative estimate of drug-likeness (QED) is 0.204. The van der Waals surface area contributed by atoms with E-state index in [1.54, 1.807) is 11.8 Å². The van der Waals surface area contributed by atoms with Crippen LogP contribution in [0.3, 0.4) is 0 Å². The molecule has 3 aromatic carbocycles. The van der Waals surface area contributed by atoms with E-state index in [2.05, 4.69) is 74.2 Å². The Morgan fingerprint density at radius 3 is 2.62 bits per heavy atom. The second-order valence-electron chi connectivity index (χ2n) is 12.0. The van der Waals surface area contributed by atoms with Gasteiger partial charge in [0.15, 0.2) is 11.0 Å². The van der Waals surface area contributed by atoms with Gasteiger partial charge in [-0.15, -0.1) is 18.3 Å². The fourth-order valence-corrected chi connectivity index (χ4v) is 7.16. The number of hydrogen-bond donors (Lipinski definition) is 1. The summed E-state index contributed by atoms with van der Waals surface area (Å²) in [6.45, 7) is 5.13. The Balaban J connectivity index is 1.06. The summed E-state index contributed by atoms with van der Waals surface area (Å²) in [6, 6.07) is 19.9. The van der Waals surface area contributed by atoms with Crippen LogP contribution in [0.5, 0.6) is 5.75 Å². The number of hydrogen-bond acceptors (Lipinski definition) is 5. The number of ether oxygens (including phenoxy) is 1. The Kier molecular flexibility index (Phi) is 9.86. The van der Waals surface area contributed by atoms with Crippen molar-refractivity contribution in [3.05, 3.63) is 89.7 Å². The molecule has 8 nitrogen and oxygen atoms in total. The lowest BCUT2D eigenvalue weighted by molar-refractivity contribution is -0.274. The van der Waals surface area contributed by atoms with E-state index in [4.69, 9.17) is 0 Å². The number of nitrogens with zero attached hydrogens (tertiary/aromatic N) is 5. The molecule has 246 valence electrons. The van der Waals surface area contributed by atoms with Gasteiger partial charge in [0.2, 0.25) is 0 Å². The van der Waals surface area contributed by atoms with E-state index < -0.39 is 6.36 Å². The summed E-state index contributed by atoms with van der Waals surface area (Å²) in [4.78, 5) is 24.3. The molecule has 2 amide bonds. The first-order valence-corrected chi connectivity index (χ1v) is 16.9. The number of amides is 2. The molecule has 2 unspecified atom stereocenters. The fourth-order valence-electron chi connectivity index (χ4n) is 6.22. The van der Waals surface area contributed by atoms with Crippen molar-refractivity contribution in [2.24, 2.45) is 4.99 Å². The highest BCUT2D eigenvalue weighted by Gasteiger charge is 2.31. The third kappa shape index (κ3) is 8.16. The summed E-state index contributed by atoms with van der Waals surface area (Å²) in [5.74, 6) is 1.47. The van der Waals surface area contributed by atoms with Crippen LogP contribution >= 0.6 is 11.8 Å². The molecule has 6 rings (SSSR count). The smallest absolute Gasteiger partial charge is 0.406 e. The number of aromatic nitrogens is 3. The Bertz CT molecular complexity index is 1720. The summed E-state index contributed by atoms with van der Waals surface area (Å²) in [5, 5.41) is 8.43. The third-order valence-electron chi connectivity index (χ3n) is 8.46. The van der Waals surface area contributed by atoms with Crippen molar-refractivity contribution >= 4 is 28.6 Å². The molecule has 47 heavy (non-hydrogen) atoms. The molecular weight excluding hydrogens is 625 g/mol. The maximum Gasteiger partial charge on any atom is 0.573 e. The van der Waals surface area contributed by atoms with Gasteiger partial charge < -0.3 is 15.0 Å². The molecule has 2 fully saturated rings. The molecule has 1 aliphatic carbocycles. The maximum atomic E-state index is 13.1. The van der Waals surface area contributed by atoms with Gasteiger partial charge in [-0.2, -0.15) is 4.99 Å². The number of carbonyl (C=O) groups is 1. The van der Waals surface area contributed by atoms with Crippen LogP contribution in [-0.4, -0.2) is 50.7 Å². The van der Waals surface area contributed by atoms with Crippen LogP contribution in [0.15, 0.2) is 78.0 Å². The monoisotopic (exact) mass is 662 g/mol. The summed E-state index contributed by atoms with van der Waals surface area (Å²) < 4.78 is 42.8. The van der Waals surface area contributed by atoms with E-state index in [1.165, 1.54) is 52.0 Å². The number of nitrogens with one attached hydrogen (secondary N) is 1. The molecule has 0 bridgehead atoms. The number of aryl methyl sites for hydroxylation is 2. The van der Waals surface area contributed by atoms with Gasteiger partial charge in [0, 0.05) is 29.6 Å². The van der Waals surface area contributed by atoms with Gasteiger partial charge >= 0.3 is 12.4 Å². The van der Waals surface area contributed by atoms with Crippen molar-refractivity contribution in [2.45, 2.75) is 70.7 Å². The lowest BCUT2D eigenvalue weighted by Crippen LogP contribution is -2.38. The molecule has 2 aliphatic rings. The number of rotatable bonds is 8. The standard InChI is InChI=1S/C35H37F3N6O2S/c1-3-5-25-7-6-23(2)20-31(25)43-18-4-19-47-34(43)41-33(45)40-28-13-12-27(21-28)24-8-10-26(11-9-24)32-39-22-44(42-32)29-14-16-30(17-15-29)46-35(36,37)38/h6-11,14-17,20,22,27-28H,3-5,12-13,18-19,21H2,1-2H3,(H,40,45)/b41-34-. The molecule has 1 N–H and O–H groups in total. The first-order valence-electron chi connectivity index (χ1n) is 15.9. The number of urea groups is 1. The van der Waals surface area contributed by atoms with Crippen LogP contribution in [0.4, 0.5) is 23.7 Å². The highest BCUT2D eigenvalue weighted by atomic mass is 32.2. The molecule has 0 spiro atoms. The number of aliphatic imine (C=N–C) groups is 1. The van der Waals surface area contributed by atoms with Crippen molar-refractivity contribution in [3.63, 3.8) is 0 Å². The van der Waals surface area contributed by atoms with E-state index >= 15 is 0 Å². The van der Waals surface area contributed by atoms with Crippen LogP contribution in [0.25, 0.3) is 17.1 Å². The van der Waals surface area contributed by atoms with Crippen LogP contribution in [0.2, 0.25) is 0 Å². The number of thioether (sulfide) groups is 1. The molecule has 1 saturated carbocycles. The number of benzene rings is 3. The maximum absolute atomic E-state index is 13.1. The van der Waals surface area contributed by atoms with Crippen LogP contribution in [0.1, 0.15) is 61.6 Å². The normalized spacial score (nSPS) is 19.3. The van der Waals surface area contributed by atoms with E-state index in [0.717, 1.165) is 67.2 Å². The van der Waals surface area contributed by atoms with E-state index in [-0.39, 0.29) is 17.8 Å². The van der Waals surface area contributed by atoms with Crippen LogP contribution in [-0.2, 0) is 6.42 Å². The lowest BCUT2D eigenvalue weighted by Gasteiger charge is -2.31. The van der Waals surface area contributed by atoms with Crippen molar-refractivity contribution in [1.29, 1.82) is 0 Å². The van der Waals surface area contributed by atoms with Gasteiger partial charge in [0.05, 0.1) is 5.69 Å². The zero-order chi connectivity index (χ0) is 33.0.